The van der Waals surface area contributed by atoms with Gasteiger partial charge in [-0.3, -0.25) is 14.9 Å². The fourth-order valence-corrected chi connectivity index (χ4v) is 2.21. The smallest absolute Gasteiger partial charge is 0.412 e. The van der Waals surface area contributed by atoms with Crippen molar-refractivity contribution >= 4 is 23.3 Å². The topological polar surface area (TPSA) is 81.7 Å². The molecule has 0 radical (unpaired) electrons. The van der Waals surface area contributed by atoms with Gasteiger partial charge in [-0.05, 0) is 57.2 Å². The molecule has 0 saturated heterocycles. The average molecular weight is 391 g/mol. The summed E-state index contributed by atoms with van der Waals surface area (Å²) >= 11 is 0. The molecule has 0 aliphatic rings. The number of hydrogen-bond donors (Lipinski definition) is 1. The third-order valence-electron chi connectivity index (χ3n) is 3.32. The molecular formula is C20H19F2NO5. The van der Waals surface area contributed by atoms with Gasteiger partial charge in [0, 0.05) is 16.8 Å². The minimum Gasteiger partial charge on any atom is -0.444 e. The van der Waals surface area contributed by atoms with Crippen LogP contribution >= 0.6 is 0 Å². The summed E-state index contributed by atoms with van der Waals surface area (Å²) in [4.78, 5) is 36.6. The first-order valence-electron chi connectivity index (χ1n) is 8.29. The molecule has 148 valence electrons. The number of nitrogens with one attached hydrogen (secondary N) is 1. The van der Waals surface area contributed by atoms with E-state index in [2.05, 4.69) is 10.1 Å². The number of rotatable bonds is 6. The summed E-state index contributed by atoms with van der Waals surface area (Å²) in [5, 5.41) is 2.49. The van der Waals surface area contributed by atoms with E-state index in [1.54, 1.807) is 26.8 Å². The number of ketones is 2. The first kappa shape index (κ1) is 21.0. The standard InChI is InChI=1S/C20H19F2NO5/c1-20(2,3)28-19(26)23-14-6-4-5-13(11-14)17(25)16(24)12-7-9-15(10-8-12)27-18(21)22/h4-11,18H,1-3H3,(H,23,26). The van der Waals surface area contributed by atoms with Crippen molar-refractivity contribution in [2.45, 2.75) is 33.0 Å². The molecule has 2 aromatic rings. The molecule has 6 nitrogen and oxygen atoms in total. The predicted octanol–water partition coefficient (Wildman–Crippen LogP) is 4.70. The summed E-state index contributed by atoms with van der Waals surface area (Å²) in [7, 11) is 0. The van der Waals surface area contributed by atoms with Crippen LogP contribution in [0.25, 0.3) is 0 Å². The summed E-state index contributed by atoms with van der Waals surface area (Å²) in [6.07, 6.45) is -0.696. The summed E-state index contributed by atoms with van der Waals surface area (Å²) < 4.78 is 33.7. The Balaban J connectivity index is 2.11. The summed E-state index contributed by atoms with van der Waals surface area (Å²) in [6.45, 7) is 2.15. The van der Waals surface area contributed by atoms with Crippen LogP contribution in [0.3, 0.4) is 0 Å². The van der Waals surface area contributed by atoms with Gasteiger partial charge in [-0.1, -0.05) is 12.1 Å². The Morgan fingerprint density at radius 3 is 2.11 bits per heavy atom. The monoisotopic (exact) mass is 391 g/mol. The van der Waals surface area contributed by atoms with E-state index in [1.165, 1.54) is 42.5 Å². The quantitative estimate of drug-likeness (QED) is 0.570. The number of benzene rings is 2. The van der Waals surface area contributed by atoms with Gasteiger partial charge in [0.25, 0.3) is 0 Å². The second-order valence-corrected chi connectivity index (χ2v) is 6.77. The lowest BCUT2D eigenvalue weighted by molar-refractivity contribution is -0.0498. The molecule has 0 aromatic heterocycles. The number of hydrogen-bond acceptors (Lipinski definition) is 5. The van der Waals surface area contributed by atoms with E-state index in [0.717, 1.165) is 0 Å². The second-order valence-electron chi connectivity index (χ2n) is 6.77. The fourth-order valence-electron chi connectivity index (χ4n) is 2.21. The maximum atomic E-state index is 12.4. The Hall–Kier alpha value is -3.29. The van der Waals surface area contributed by atoms with E-state index in [9.17, 15) is 23.2 Å². The number of Topliss-reactive ketones (excluding diaryl/α,β-unsaturated/α-hetero) is 2. The van der Waals surface area contributed by atoms with E-state index in [0.29, 0.717) is 0 Å². The highest BCUT2D eigenvalue weighted by molar-refractivity contribution is 6.49. The lowest BCUT2D eigenvalue weighted by Crippen LogP contribution is -2.27. The van der Waals surface area contributed by atoms with Crippen LogP contribution in [0.1, 0.15) is 41.5 Å². The maximum Gasteiger partial charge on any atom is 0.412 e. The van der Waals surface area contributed by atoms with Crippen LogP contribution < -0.4 is 10.1 Å². The van der Waals surface area contributed by atoms with Gasteiger partial charge in [-0.25, -0.2) is 4.79 Å². The van der Waals surface area contributed by atoms with Gasteiger partial charge in [0.15, 0.2) is 0 Å². The Kier molecular flexibility index (Phi) is 6.45. The molecule has 1 amide bonds. The minimum absolute atomic E-state index is 0.0251. The van der Waals surface area contributed by atoms with E-state index in [1.807, 2.05) is 0 Å². The van der Waals surface area contributed by atoms with Gasteiger partial charge in [0.05, 0.1) is 0 Å². The van der Waals surface area contributed by atoms with Gasteiger partial charge < -0.3 is 9.47 Å². The number of carbonyl (C=O) groups is 3. The van der Waals surface area contributed by atoms with Crippen molar-refractivity contribution < 1.29 is 32.6 Å². The molecule has 0 atom stereocenters. The van der Waals surface area contributed by atoms with Crippen molar-refractivity contribution in [1.29, 1.82) is 0 Å². The van der Waals surface area contributed by atoms with E-state index in [-0.39, 0.29) is 22.6 Å². The Bertz CT molecular complexity index is 873. The number of carbonyl (C=O) groups excluding carboxylic acids is 3. The van der Waals surface area contributed by atoms with Crippen molar-refractivity contribution in [1.82, 2.24) is 0 Å². The van der Waals surface area contributed by atoms with E-state index >= 15 is 0 Å². The third kappa shape index (κ3) is 6.15. The summed E-state index contributed by atoms with van der Waals surface area (Å²) in [5.41, 5.74) is -0.314. The van der Waals surface area contributed by atoms with Crippen molar-refractivity contribution in [2.24, 2.45) is 0 Å². The third-order valence-corrected chi connectivity index (χ3v) is 3.32. The number of ether oxygens (including phenoxy) is 2. The molecule has 2 rings (SSSR count). The van der Waals surface area contributed by atoms with Crippen LogP contribution in [0, 0.1) is 0 Å². The lowest BCUT2D eigenvalue weighted by atomic mass is 10.0. The lowest BCUT2D eigenvalue weighted by Gasteiger charge is -2.19. The molecule has 0 aliphatic heterocycles. The predicted molar refractivity (Wildman–Crippen MR) is 98.0 cm³/mol. The van der Waals surface area contributed by atoms with Crippen molar-refractivity contribution in [3.8, 4) is 5.75 Å². The molecule has 2 aromatic carbocycles. The van der Waals surface area contributed by atoms with Crippen LogP contribution in [-0.2, 0) is 4.74 Å². The number of halogens is 2. The van der Waals surface area contributed by atoms with Gasteiger partial charge in [0.2, 0.25) is 11.6 Å². The molecule has 8 heteroatoms. The van der Waals surface area contributed by atoms with Crippen molar-refractivity contribution in [2.75, 3.05) is 5.32 Å². The van der Waals surface area contributed by atoms with Crippen LogP contribution in [0.5, 0.6) is 5.75 Å². The number of anilines is 1. The van der Waals surface area contributed by atoms with Crippen molar-refractivity contribution in [3.63, 3.8) is 0 Å². The zero-order valence-electron chi connectivity index (χ0n) is 15.5. The Labute approximate surface area is 160 Å². The fraction of sp³-hybridized carbons (Fsp3) is 0.250. The van der Waals surface area contributed by atoms with Crippen LogP contribution in [0.2, 0.25) is 0 Å². The molecular weight excluding hydrogens is 372 g/mol. The molecule has 0 bridgehead atoms. The van der Waals surface area contributed by atoms with E-state index in [4.69, 9.17) is 4.74 Å². The second kappa shape index (κ2) is 8.60. The van der Waals surface area contributed by atoms with Gasteiger partial charge in [0.1, 0.15) is 11.4 Å². The highest BCUT2D eigenvalue weighted by Gasteiger charge is 2.20. The van der Waals surface area contributed by atoms with Crippen LogP contribution in [0.15, 0.2) is 48.5 Å². The number of alkyl halides is 2. The number of amides is 1. The zero-order chi connectivity index (χ0) is 20.9. The highest BCUT2D eigenvalue weighted by atomic mass is 19.3. The normalized spacial score (nSPS) is 11.1. The van der Waals surface area contributed by atoms with Gasteiger partial charge in [-0.15, -0.1) is 0 Å². The SMILES string of the molecule is CC(C)(C)OC(=O)Nc1cccc(C(=O)C(=O)c2ccc(OC(F)F)cc2)c1. The molecule has 28 heavy (non-hydrogen) atoms. The largest absolute Gasteiger partial charge is 0.444 e. The molecule has 0 fully saturated rings. The van der Waals surface area contributed by atoms with Gasteiger partial charge >= 0.3 is 12.7 Å². The molecule has 0 heterocycles. The zero-order valence-corrected chi connectivity index (χ0v) is 15.5. The summed E-state index contributed by atoms with van der Waals surface area (Å²) in [5.74, 6) is -1.75. The highest BCUT2D eigenvalue weighted by Crippen LogP contribution is 2.18. The van der Waals surface area contributed by atoms with Crippen LogP contribution in [-0.4, -0.2) is 29.9 Å². The minimum atomic E-state index is -2.98. The maximum absolute atomic E-state index is 12.4. The summed E-state index contributed by atoms with van der Waals surface area (Å²) in [6, 6.07) is 10.6. The molecule has 0 spiro atoms. The van der Waals surface area contributed by atoms with Crippen LogP contribution in [0.4, 0.5) is 19.3 Å². The Morgan fingerprint density at radius 1 is 0.929 bits per heavy atom. The Morgan fingerprint density at radius 2 is 1.54 bits per heavy atom. The first-order valence-corrected chi connectivity index (χ1v) is 8.29. The molecule has 0 unspecified atom stereocenters. The van der Waals surface area contributed by atoms with Crippen molar-refractivity contribution in [3.05, 3.63) is 59.7 Å². The molecule has 1 N–H and O–H groups in total. The molecule has 0 saturated carbocycles. The average Bonchev–Trinajstić information content (AvgIpc) is 2.59. The van der Waals surface area contributed by atoms with Gasteiger partial charge in [-0.2, -0.15) is 8.78 Å². The van der Waals surface area contributed by atoms with E-state index < -0.39 is 29.9 Å². The molecule has 0 aliphatic carbocycles. The first-order chi connectivity index (χ1) is 13.0.